The van der Waals surface area contributed by atoms with E-state index in [0.717, 1.165) is 18.5 Å². The van der Waals surface area contributed by atoms with E-state index in [1.54, 1.807) is 0 Å². The van der Waals surface area contributed by atoms with E-state index in [-0.39, 0.29) is 11.0 Å². The van der Waals surface area contributed by atoms with Gasteiger partial charge in [0.25, 0.3) is 0 Å². The molecule has 0 radical (unpaired) electrons. The Labute approximate surface area is 336 Å². The maximum atomic E-state index is 2.55. The SMILES string of the molecule is CCC1(C)c2ccc(-c3cccc(-c4cc(-c5ccccc5)cc(-c5cccc(-n6c7ccccc7c7ccccc76)c5)c4)c3)cc2-c2cccc[n+]2C1(C)CC. The second-order valence-electron chi connectivity index (χ2n) is 16.2. The number of hydrogen-bond donors (Lipinski definition) is 0. The van der Waals surface area contributed by atoms with Crippen molar-refractivity contribution in [2.45, 2.75) is 51.5 Å². The molecule has 2 aromatic heterocycles. The van der Waals surface area contributed by atoms with E-state index in [9.17, 15) is 0 Å². The molecule has 0 aliphatic carbocycles. The minimum absolute atomic E-state index is 0.00358. The number of aromatic nitrogens is 2. The van der Waals surface area contributed by atoms with Gasteiger partial charge in [0.1, 0.15) is 0 Å². The highest BCUT2D eigenvalue weighted by Crippen LogP contribution is 2.50. The predicted molar refractivity (Wildman–Crippen MR) is 240 cm³/mol. The van der Waals surface area contributed by atoms with Gasteiger partial charge in [0.15, 0.2) is 11.7 Å². The Bertz CT molecular complexity index is 2920. The zero-order valence-electron chi connectivity index (χ0n) is 33.2. The number of benzene rings is 7. The first-order valence-corrected chi connectivity index (χ1v) is 20.5. The summed E-state index contributed by atoms with van der Waals surface area (Å²) < 4.78 is 4.95. The minimum Gasteiger partial charge on any atom is -0.309 e. The number of fused-ring (bicyclic) bond motifs is 6. The average molecular weight is 736 g/mol. The number of rotatable bonds is 7. The van der Waals surface area contributed by atoms with Crippen molar-refractivity contribution in [1.82, 2.24) is 4.57 Å². The van der Waals surface area contributed by atoms with Gasteiger partial charge in [0.2, 0.25) is 5.69 Å². The fraction of sp³-hybridized carbons (Fsp3) is 0.145. The maximum Gasteiger partial charge on any atom is 0.213 e. The summed E-state index contributed by atoms with van der Waals surface area (Å²) in [6, 6.07) is 67.3. The van der Waals surface area contributed by atoms with Crippen LogP contribution in [-0.4, -0.2) is 4.57 Å². The molecule has 2 unspecified atom stereocenters. The van der Waals surface area contributed by atoms with Gasteiger partial charge in [-0.25, -0.2) is 0 Å². The van der Waals surface area contributed by atoms with Gasteiger partial charge < -0.3 is 4.57 Å². The molecule has 0 bridgehead atoms. The molecule has 57 heavy (non-hydrogen) atoms. The van der Waals surface area contributed by atoms with Crippen LogP contribution in [0.3, 0.4) is 0 Å². The van der Waals surface area contributed by atoms with Gasteiger partial charge in [-0.15, -0.1) is 0 Å². The molecule has 0 saturated heterocycles. The zero-order chi connectivity index (χ0) is 38.7. The van der Waals surface area contributed by atoms with Gasteiger partial charge in [0, 0.05) is 41.9 Å². The number of pyridine rings is 1. The van der Waals surface area contributed by atoms with E-state index in [0.29, 0.717) is 0 Å². The van der Waals surface area contributed by atoms with Crippen molar-refractivity contribution in [1.29, 1.82) is 0 Å². The Kier molecular flexibility index (Phi) is 8.34. The molecule has 0 spiro atoms. The van der Waals surface area contributed by atoms with Crippen molar-refractivity contribution >= 4 is 21.8 Å². The van der Waals surface area contributed by atoms with Crippen LogP contribution in [-0.2, 0) is 11.0 Å². The fourth-order valence-corrected chi connectivity index (χ4v) is 9.86. The van der Waals surface area contributed by atoms with Crippen LogP contribution in [0.1, 0.15) is 46.1 Å². The van der Waals surface area contributed by atoms with Gasteiger partial charge in [-0.05, 0) is 124 Å². The lowest BCUT2D eigenvalue weighted by molar-refractivity contribution is -0.765. The third kappa shape index (κ3) is 5.50. The summed E-state index contributed by atoms with van der Waals surface area (Å²) in [6.07, 6.45) is 4.43. The standard InChI is InChI=1S/C55H47N2/c1-5-54(3)50-30-29-42(37-49(50)51-26-14-15-31-56(51)55(54,4)6-2)39-20-16-21-40(32-39)44-33-43(38-18-8-7-9-19-38)34-45(35-44)41-22-17-23-46(36-41)57-52-27-12-10-24-47(52)48-25-11-13-28-53(48)57/h7-37H,5-6H2,1-4H3/q+1. The van der Waals surface area contributed by atoms with Crippen LogP contribution in [0.15, 0.2) is 188 Å². The monoisotopic (exact) mass is 735 g/mol. The number of para-hydroxylation sites is 2. The highest BCUT2D eigenvalue weighted by atomic mass is 15.1. The van der Waals surface area contributed by atoms with E-state index >= 15 is 0 Å². The summed E-state index contributed by atoms with van der Waals surface area (Å²) >= 11 is 0. The number of hydrogen-bond acceptors (Lipinski definition) is 0. The van der Waals surface area contributed by atoms with Crippen LogP contribution in [0.4, 0.5) is 0 Å². The molecule has 1 aliphatic rings. The lowest BCUT2D eigenvalue weighted by Gasteiger charge is -2.46. The molecule has 0 amide bonds. The maximum absolute atomic E-state index is 2.55. The summed E-state index contributed by atoms with van der Waals surface area (Å²) in [5.74, 6) is 0. The molecule has 3 heterocycles. The van der Waals surface area contributed by atoms with Crippen LogP contribution in [0, 0.1) is 0 Å². The van der Waals surface area contributed by atoms with Gasteiger partial charge in [0.05, 0.1) is 22.0 Å². The molecule has 2 heteroatoms. The first-order valence-electron chi connectivity index (χ1n) is 20.5. The molecule has 0 N–H and O–H groups in total. The zero-order valence-corrected chi connectivity index (χ0v) is 33.2. The van der Waals surface area contributed by atoms with Crippen LogP contribution >= 0.6 is 0 Å². The van der Waals surface area contributed by atoms with Gasteiger partial charge >= 0.3 is 0 Å². The lowest BCUT2D eigenvalue weighted by atomic mass is 9.60. The van der Waals surface area contributed by atoms with Crippen molar-refractivity contribution in [3.63, 3.8) is 0 Å². The van der Waals surface area contributed by atoms with E-state index in [2.05, 4.69) is 225 Å². The average Bonchev–Trinajstić information content (AvgIpc) is 3.62. The van der Waals surface area contributed by atoms with Crippen molar-refractivity contribution in [2.24, 2.45) is 0 Å². The van der Waals surface area contributed by atoms with Crippen molar-refractivity contribution in [3.05, 3.63) is 194 Å². The topological polar surface area (TPSA) is 8.81 Å². The summed E-state index contributed by atoms with van der Waals surface area (Å²) in [6.45, 7) is 9.60. The lowest BCUT2D eigenvalue weighted by Crippen LogP contribution is -2.67. The van der Waals surface area contributed by atoms with Gasteiger partial charge in [-0.3, -0.25) is 0 Å². The molecule has 2 nitrogen and oxygen atoms in total. The van der Waals surface area contributed by atoms with E-state index < -0.39 is 0 Å². The summed E-state index contributed by atoms with van der Waals surface area (Å²) in [5, 5.41) is 2.54. The van der Waals surface area contributed by atoms with Crippen molar-refractivity contribution in [2.75, 3.05) is 0 Å². The Morgan fingerprint density at radius 1 is 0.439 bits per heavy atom. The molecule has 9 aromatic rings. The Hall–Kier alpha value is -6.51. The summed E-state index contributed by atoms with van der Waals surface area (Å²) in [5.41, 5.74) is 17.3. The molecule has 10 rings (SSSR count). The number of nitrogens with zero attached hydrogens (tertiary/aromatic N) is 2. The molecule has 276 valence electrons. The van der Waals surface area contributed by atoms with Gasteiger partial charge in [-0.1, -0.05) is 123 Å². The molecule has 1 aliphatic heterocycles. The molecule has 2 atom stereocenters. The molecule has 7 aromatic carbocycles. The first-order chi connectivity index (χ1) is 27.9. The van der Waals surface area contributed by atoms with Crippen molar-refractivity contribution < 1.29 is 4.57 Å². The Morgan fingerprint density at radius 2 is 0.965 bits per heavy atom. The second kappa shape index (κ2) is 13.6. The highest BCUT2D eigenvalue weighted by molar-refractivity contribution is 6.09. The van der Waals surface area contributed by atoms with Crippen LogP contribution < -0.4 is 4.57 Å². The molecule has 0 fully saturated rings. The molecular formula is C55H47N2+. The summed E-state index contributed by atoms with van der Waals surface area (Å²) in [4.78, 5) is 0. The van der Waals surface area contributed by atoms with E-state index in [1.807, 2.05) is 0 Å². The smallest absolute Gasteiger partial charge is 0.213 e. The Balaban J connectivity index is 1.10. The Morgan fingerprint density at radius 3 is 1.63 bits per heavy atom. The predicted octanol–water partition coefficient (Wildman–Crippen LogP) is 14.2. The summed E-state index contributed by atoms with van der Waals surface area (Å²) in [7, 11) is 0. The minimum atomic E-state index is -0.0166. The third-order valence-electron chi connectivity index (χ3n) is 13.5. The van der Waals surface area contributed by atoms with E-state index in [4.69, 9.17) is 0 Å². The fourth-order valence-electron chi connectivity index (χ4n) is 9.86. The highest BCUT2D eigenvalue weighted by Gasteiger charge is 2.56. The van der Waals surface area contributed by atoms with Crippen molar-refractivity contribution in [3.8, 4) is 61.5 Å². The first kappa shape index (κ1) is 34.9. The largest absolute Gasteiger partial charge is 0.309 e. The van der Waals surface area contributed by atoms with Crippen LogP contribution in [0.2, 0.25) is 0 Å². The normalized spacial score (nSPS) is 17.4. The quantitative estimate of drug-likeness (QED) is 0.144. The van der Waals surface area contributed by atoms with Gasteiger partial charge in [-0.2, -0.15) is 4.57 Å². The third-order valence-corrected chi connectivity index (χ3v) is 13.5. The molecular weight excluding hydrogens is 689 g/mol. The molecule has 0 saturated carbocycles. The second-order valence-corrected chi connectivity index (χ2v) is 16.2. The van der Waals surface area contributed by atoms with Crippen LogP contribution in [0.25, 0.3) is 83.3 Å². The van der Waals surface area contributed by atoms with E-state index in [1.165, 1.54) is 83.1 Å². The van der Waals surface area contributed by atoms with Crippen LogP contribution in [0.5, 0.6) is 0 Å².